The number of anilines is 1. The van der Waals surface area contributed by atoms with Crippen LogP contribution in [0.15, 0.2) is 90.6 Å². The van der Waals surface area contributed by atoms with Gasteiger partial charge in [-0.3, -0.25) is 4.98 Å². The normalized spacial score (nSPS) is 11.6. The second-order valence-electron chi connectivity index (χ2n) is 8.19. The summed E-state index contributed by atoms with van der Waals surface area (Å²) in [6.45, 7) is 0.558. The van der Waals surface area contributed by atoms with Crippen LogP contribution in [0.5, 0.6) is 0 Å². The van der Waals surface area contributed by atoms with Gasteiger partial charge in [0.25, 0.3) is 0 Å². The Labute approximate surface area is 207 Å². The van der Waals surface area contributed by atoms with Gasteiger partial charge < -0.3 is 11.1 Å². The smallest absolute Gasteiger partial charge is 0.101 e. The van der Waals surface area contributed by atoms with Crippen LogP contribution in [0, 0.1) is 22.7 Å². The summed E-state index contributed by atoms with van der Waals surface area (Å²) in [4.78, 5) is 5.36. The van der Waals surface area contributed by atoms with E-state index in [2.05, 4.69) is 52.8 Å². The first-order chi connectivity index (χ1) is 17.2. The van der Waals surface area contributed by atoms with Gasteiger partial charge in [-0.2, -0.15) is 10.5 Å². The van der Waals surface area contributed by atoms with Crippen LogP contribution in [0.4, 0.5) is 5.69 Å². The van der Waals surface area contributed by atoms with Gasteiger partial charge in [0.15, 0.2) is 0 Å². The number of nitriles is 2. The van der Waals surface area contributed by atoms with Crippen LogP contribution in [-0.2, 0) is 6.54 Å². The van der Waals surface area contributed by atoms with Gasteiger partial charge in [0, 0.05) is 28.9 Å². The van der Waals surface area contributed by atoms with Crippen LogP contribution >= 0.6 is 11.3 Å². The summed E-state index contributed by atoms with van der Waals surface area (Å²) in [6.07, 6.45) is 1.87. The molecule has 5 rings (SSSR count). The first-order valence-electron chi connectivity index (χ1n) is 11.1. The maximum absolute atomic E-state index is 9.88. The van der Waals surface area contributed by atoms with Crippen molar-refractivity contribution in [2.75, 3.05) is 5.73 Å². The van der Waals surface area contributed by atoms with Crippen molar-refractivity contribution in [3.63, 3.8) is 0 Å². The molecule has 1 unspecified atom stereocenters. The van der Waals surface area contributed by atoms with Gasteiger partial charge in [-0.1, -0.05) is 54.6 Å². The third-order valence-electron chi connectivity index (χ3n) is 6.06. The molecule has 0 fully saturated rings. The first-order valence-corrected chi connectivity index (χ1v) is 12.0. The average molecular weight is 472 g/mol. The molecule has 0 saturated heterocycles. The zero-order valence-corrected chi connectivity index (χ0v) is 19.6. The Balaban J connectivity index is 1.56. The minimum atomic E-state index is -0.124. The Morgan fingerprint density at radius 2 is 1.69 bits per heavy atom. The van der Waals surface area contributed by atoms with Crippen molar-refractivity contribution in [2.24, 2.45) is 0 Å². The number of fused-ring (bicyclic) bond motifs is 1. The van der Waals surface area contributed by atoms with Gasteiger partial charge in [-0.25, -0.2) is 0 Å². The second kappa shape index (κ2) is 9.79. The average Bonchev–Trinajstić information content (AvgIpc) is 3.43. The lowest BCUT2D eigenvalue weighted by Crippen LogP contribution is -2.21. The van der Waals surface area contributed by atoms with Crippen LogP contribution in [-0.4, -0.2) is 4.98 Å². The summed E-state index contributed by atoms with van der Waals surface area (Å²) in [5.74, 6) is 0. The number of benzene rings is 4. The van der Waals surface area contributed by atoms with Crippen molar-refractivity contribution >= 4 is 27.8 Å². The second-order valence-corrected chi connectivity index (χ2v) is 9.11. The summed E-state index contributed by atoms with van der Waals surface area (Å²) >= 11 is 1.58. The standard InChI is InChI=1S/C29H21N5S/c30-14-22-11-10-21(13-26(22)25-7-3-5-20-4-1-2-6-24(20)25)29(28-17-33-18-35-28)34-16-19-8-9-23(15-31)27(32)12-19/h1-13,17-18,29,34H,16,32H2. The van der Waals surface area contributed by atoms with Crippen LogP contribution in [0.3, 0.4) is 0 Å². The number of nitrogens with zero attached hydrogens (tertiary/aromatic N) is 3. The minimum absolute atomic E-state index is 0.124. The highest BCUT2D eigenvalue weighted by Crippen LogP contribution is 2.35. The van der Waals surface area contributed by atoms with Crippen LogP contribution in [0.25, 0.3) is 21.9 Å². The number of thiazole rings is 1. The number of hydrogen-bond donors (Lipinski definition) is 2. The summed E-state index contributed by atoms with van der Waals surface area (Å²) in [5, 5.41) is 24.9. The Kier molecular flexibility index (Phi) is 6.24. The molecule has 5 nitrogen and oxygen atoms in total. The summed E-state index contributed by atoms with van der Waals surface area (Å²) in [5.41, 5.74) is 13.4. The summed E-state index contributed by atoms with van der Waals surface area (Å²) in [6, 6.07) is 30.2. The van der Waals surface area contributed by atoms with Crippen LogP contribution < -0.4 is 11.1 Å². The number of nitrogens with one attached hydrogen (secondary N) is 1. The van der Waals surface area contributed by atoms with Gasteiger partial charge in [-0.05, 0) is 51.7 Å². The Hall–Kier alpha value is -4.49. The van der Waals surface area contributed by atoms with E-state index in [-0.39, 0.29) is 6.04 Å². The largest absolute Gasteiger partial charge is 0.398 e. The van der Waals surface area contributed by atoms with E-state index in [1.54, 1.807) is 17.4 Å². The molecule has 3 N–H and O–H groups in total. The summed E-state index contributed by atoms with van der Waals surface area (Å²) in [7, 11) is 0. The number of nitrogens with two attached hydrogens (primary N) is 1. The highest BCUT2D eigenvalue weighted by molar-refractivity contribution is 7.09. The van der Waals surface area contributed by atoms with Crippen molar-refractivity contribution in [1.29, 1.82) is 10.5 Å². The molecule has 0 aliphatic heterocycles. The van der Waals surface area contributed by atoms with E-state index in [0.717, 1.165) is 37.9 Å². The van der Waals surface area contributed by atoms with Crippen molar-refractivity contribution in [3.05, 3.63) is 118 Å². The van der Waals surface area contributed by atoms with E-state index in [4.69, 9.17) is 11.0 Å². The monoisotopic (exact) mass is 471 g/mol. The van der Waals surface area contributed by atoms with E-state index in [1.165, 1.54) is 0 Å². The maximum atomic E-state index is 9.88. The zero-order chi connectivity index (χ0) is 24.2. The molecule has 1 atom stereocenters. The summed E-state index contributed by atoms with van der Waals surface area (Å²) < 4.78 is 0. The molecule has 6 heteroatoms. The number of rotatable bonds is 6. The fourth-order valence-electron chi connectivity index (χ4n) is 4.32. The predicted octanol–water partition coefficient (Wildman–Crippen LogP) is 6.17. The van der Waals surface area contributed by atoms with E-state index < -0.39 is 0 Å². The van der Waals surface area contributed by atoms with E-state index in [1.807, 2.05) is 54.2 Å². The molecule has 168 valence electrons. The molecule has 0 aliphatic carbocycles. The first kappa shape index (κ1) is 22.3. The predicted molar refractivity (Wildman–Crippen MR) is 140 cm³/mol. The van der Waals surface area contributed by atoms with Gasteiger partial charge in [0.2, 0.25) is 0 Å². The molecule has 0 amide bonds. The molecule has 0 bridgehead atoms. The molecule has 0 radical (unpaired) electrons. The quantitative estimate of drug-likeness (QED) is 0.289. The SMILES string of the molecule is N#Cc1ccc(CNC(c2ccc(C#N)c(-c3cccc4ccccc34)c2)c2cncs2)cc1N. The van der Waals surface area contributed by atoms with Gasteiger partial charge in [0.05, 0.1) is 28.7 Å². The minimum Gasteiger partial charge on any atom is -0.398 e. The van der Waals surface area contributed by atoms with Gasteiger partial charge >= 0.3 is 0 Å². The number of aromatic nitrogens is 1. The molecule has 0 aliphatic rings. The maximum Gasteiger partial charge on any atom is 0.101 e. The zero-order valence-electron chi connectivity index (χ0n) is 18.8. The number of hydrogen-bond acceptors (Lipinski definition) is 6. The third kappa shape index (κ3) is 4.49. The van der Waals surface area contributed by atoms with E-state index >= 15 is 0 Å². The van der Waals surface area contributed by atoms with E-state index in [9.17, 15) is 5.26 Å². The van der Waals surface area contributed by atoms with Crippen molar-refractivity contribution in [3.8, 4) is 23.3 Å². The fraction of sp³-hybridized carbons (Fsp3) is 0.0690. The molecule has 1 heterocycles. The van der Waals surface area contributed by atoms with Crippen molar-refractivity contribution in [1.82, 2.24) is 10.3 Å². The van der Waals surface area contributed by atoms with Gasteiger partial charge in [-0.15, -0.1) is 11.3 Å². The highest BCUT2D eigenvalue weighted by atomic mass is 32.1. The van der Waals surface area contributed by atoms with E-state index in [0.29, 0.717) is 23.4 Å². The fourth-order valence-corrected chi connectivity index (χ4v) is 5.04. The molecule has 35 heavy (non-hydrogen) atoms. The number of nitrogen functional groups attached to an aromatic ring is 1. The molecule has 1 aromatic heterocycles. The van der Waals surface area contributed by atoms with Gasteiger partial charge in [0.1, 0.15) is 6.07 Å². The highest BCUT2D eigenvalue weighted by Gasteiger charge is 2.19. The van der Waals surface area contributed by atoms with Crippen molar-refractivity contribution < 1.29 is 0 Å². The Morgan fingerprint density at radius 3 is 2.46 bits per heavy atom. The Morgan fingerprint density at radius 1 is 0.886 bits per heavy atom. The van der Waals surface area contributed by atoms with Crippen LogP contribution in [0.2, 0.25) is 0 Å². The third-order valence-corrected chi connectivity index (χ3v) is 6.90. The lowest BCUT2D eigenvalue weighted by atomic mass is 9.91. The lowest BCUT2D eigenvalue weighted by molar-refractivity contribution is 0.612. The molecule has 0 saturated carbocycles. The molecule has 4 aromatic carbocycles. The molecule has 5 aromatic rings. The topological polar surface area (TPSA) is 98.5 Å². The van der Waals surface area contributed by atoms with Crippen molar-refractivity contribution in [2.45, 2.75) is 12.6 Å². The molecule has 0 spiro atoms. The molecular formula is C29H21N5S. The lowest BCUT2D eigenvalue weighted by Gasteiger charge is -2.20. The molecular weight excluding hydrogens is 450 g/mol. The Bertz CT molecular complexity index is 1590. The van der Waals surface area contributed by atoms with Crippen LogP contribution in [0.1, 0.15) is 33.2 Å².